The molecule has 1 heterocycles. The average Bonchev–Trinajstić information content (AvgIpc) is 2.78. The Labute approximate surface area is 128 Å². The van der Waals surface area contributed by atoms with E-state index in [1.165, 1.54) is 17.7 Å². The predicted molar refractivity (Wildman–Crippen MR) is 90.3 cm³/mol. The molecule has 0 amide bonds. The maximum Gasteiger partial charge on any atom is 0.161 e. The molecule has 1 aromatic rings. The fourth-order valence-corrected chi connectivity index (χ4v) is 3.90. The molecule has 0 saturated carbocycles. The summed E-state index contributed by atoms with van der Waals surface area (Å²) in [5.74, 6) is 0.742. The summed E-state index contributed by atoms with van der Waals surface area (Å²) in [7, 11) is 0. The van der Waals surface area contributed by atoms with Crippen LogP contribution in [-0.2, 0) is 6.42 Å². The van der Waals surface area contributed by atoms with Gasteiger partial charge in [0.1, 0.15) is 0 Å². The Bertz CT molecular complexity index is 471. The summed E-state index contributed by atoms with van der Waals surface area (Å²) < 4.78 is 1.13. The van der Waals surface area contributed by atoms with Gasteiger partial charge in [-0.15, -0.1) is 0 Å². The van der Waals surface area contributed by atoms with E-state index < -0.39 is 0 Å². The highest BCUT2D eigenvalue weighted by atomic mass is 79.9. The van der Waals surface area contributed by atoms with Crippen molar-refractivity contribution in [1.29, 1.82) is 0 Å². The van der Waals surface area contributed by atoms with Crippen molar-refractivity contribution in [3.63, 3.8) is 0 Å². The lowest BCUT2D eigenvalue weighted by Gasteiger charge is -2.13. The van der Waals surface area contributed by atoms with Gasteiger partial charge in [-0.25, -0.2) is 0 Å². The van der Waals surface area contributed by atoms with Crippen LogP contribution in [0.15, 0.2) is 27.7 Å². The molecule has 0 aliphatic carbocycles. The minimum absolute atomic E-state index is 0.642. The van der Waals surface area contributed by atoms with Crippen LogP contribution in [0, 0.1) is 5.92 Å². The van der Waals surface area contributed by atoms with E-state index in [9.17, 15) is 0 Å². The topological polar surface area (TPSA) is 24.4 Å². The molecule has 4 heteroatoms. The zero-order chi connectivity index (χ0) is 13.8. The van der Waals surface area contributed by atoms with E-state index in [4.69, 9.17) is 0 Å². The van der Waals surface area contributed by atoms with Crippen LogP contribution in [0.5, 0.6) is 0 Å². The van der Waals surface area contributed by atoms with Gasteiger partial charge in [-0.1, -0.05) is 48.5 Å². The minimum Gasteiger partial charge on any atom is -0.335 e. The van der Waals surface area contributed by atoms with Gasteiger partial charge in [0, 0.05) is 15.4 Å². The smallest absolute Gasteiger partial charge is 0.161 e. The summed E-state index contributed by atoms with van der Waals surface area (Å²) in [4.78, 5) is 4.62. The van der Waals surface area contributed by atoms with Gasteiger partial charge in [-0.3, -0.25) is 4.99 Å². The van der Waals surface area contributed by atoms with Crippen LogP contribution in [0.4, 0.5) is 5.69 Å². The van der Waals surface area contributed by atoms with E-state index in [-0.39, 0.29) is 0 Å². The highest BCUT2D eigenvalue weighted by molar-refractivity contribution is 9.10. The zero-order valence-electron chi connectivity index (χ0n) is 11.7. The lowest BCUT2D eigenvalue weighted by atomic mass is 10.1. The largest absolute Gasteiger partial charge is 0.335 e. The second kappa shape index (κ2) is 6.80. The molecule has 0 fully saturated rings. The van der Waals surface area contributed by atoms with Crippen molar-refractivity contribution in [1.82, 2.24) is 0 Å². The Balaban J connectivity index is 1.99. The van der Waals surface area contributed by atoms with E-state index in [1.54, 1.807) is 0 Å². The molecule has 104 valence electrons. The maximum atomic E-state index is 4.62. The summed E-state index contributed by atoms with van der Waals surface area (Å²) in [6, 6.07) is 6.38. The Morgan fingerprint density at radius 3 is 2.95 bits per heavy atom. The van der Waals surface area contributed by atoms with Crippen molar-refractivity contribution in [3.05, 3.63) is 28.2 Å². The molecule has 1 aliphatic rings. The minimum atomic E-state index is 0.642. The molecule has 0 spiro atoms. The number of aryl methyl sites for hydroxylation is 1. The molecule has 0 bridgehead atoms. The van der Waals surface area contributed by atoms with Crippen molar-refractivity contribution < 1.29 is 0 Å². The predicted octanol–water partition coefficient (Wildman–Crippen LogP) is 4.94. The number of hydrogen-bond acceptors (Lipinski definition) is 3. The number of aliphatic imine (C=N–C) groups is 1. The third kappa shape index (κ3) is 4.25. The quantitative estimate of drug-likeness (QED) is 0.839. The number of nitrogens with one attached hydrogen (secondary N) is 1. The van der Waals surface area contributed by atoms with Crippen molar-refractivity contribution in [2.24, 2.45) is 10.9 Å². The third-order valence-corrected chi connectivity index (χ3v) is 4.76. The number of hydrogen-bond donors (Lipinski definition) is 1. The van der Waals surface area contributed by atoms with Crippen molar-refractivity contribution >= 4 is 38.5 Å². The fraction of sp³-hybridized carbons (Fsp3) is 0.533. The van der Waals surface area contributed by atoms with Gasteiger partial charge in [0.05, 0.1) is 6.54 Å². The molecular weight excluding hydrogens is 320 g/mol. The van der Waals surface area contributed by atoms with Gasteiger partial charge in [-0.2, -0.15) is 0 Å². The molecule has 1 aliphatic heterocycles. The van der Waals surface area contributed by atoms with Crippen LogP contribution in [-0.4, -0.2) is 17.0 Å². The number of anilines is 1. The first-order valence-corrected chi connectivity index (χ1v) is 8.52. The van der Waals surface area contributed by atoms with Crippen LogP contribution in [0.3, 0.4) is 0 Å². The lowest BCUT2D eigenvalue weighted by molar-refractivity contribution is 0.575. The van der Waals surface area contributed by atoms with Gasteiger partial charge in [0.25, 0.3) is 0 Å². The molecule has 0 aromatic heterocycles. The van der Waals surface area contributed by atoms with Crippen LogP contribution in [0.25, 0.3) is 0 Å². The first-order valence-electron chi connectivity index (χ1n) is 6.85. The number of halogens is 1. The number of rotatable bonds is 4. The van der Waals surface area contributed by atoms with Gasteiger partial charge < -0.3 is 5.32 Å². The fourth-order valence-electron chi connectivity index (χ4n) is 2.23. The molecule has 1 unspecified atom stereocenters. The van der Waals surface area contributed by atoms with E-state index in [0.29, 0.717) is 5.25 Å². The molecule has 1 aromatic carbocycles. The Hall–Kier alpha value is -0.480. The van der Waals surface area contributed by atoms with E-state index in [2.05, 4.69) is 65.2 Å². The van der Waals surface area contributed by atoms with E-state index in [0.717, 1.165) is 28.5 Å². The number of benzene rings is 1. The summed E-state index contributed by atoms with van der Waals surface area (Å²) in [5, 5.41) is 5.20. The first-order chi connectivity index (χ1) is 9.08. The van der Waals surface area contributed by atoms with E-state index >= 15 is 0 Å². The second-order valence-electron chi connectivity index (χ2n) is 5.30. The van der Waals surface area contributed by atoms with Gasteiger partial charge >= 0.3 is 0 Å². The number of nitrogens with zero attached hydrogens (tertiary/aromatic N) is 1. The summed E-state index contributed by atoms with van der Waals surface area (Å²) in [6.45, 7) is 7.67. The molecule has 1 N–H and O–H groups in total. The van der Waals surface area contributed by atoms with Crippen molar-refractivity contribution in [2.45, 2.75) is 38.9 Å². The highest BCUT2D eigenvalue weighted by Gasteiger charge is 2.21. The Morgan fingerprint density at radius 1 is 1.47 bits per heavy atom. The molecule has 2 rings (SSSR count). The Morgan fingerprint density at radius 2 is 2.26 bits per heavy atom. The summed E-state index contributed by atoms with van der Waals surface area (Å²) in [6.07, 6.45) is 2.26. The van der Waals surface area contributed by atoms with Gasteiger partial charge in [0.15, 0.2) is 5.17 Å². The summed E-state index contributed by atoms with van der Waals surface area (Å²) in [5.41, 5.74) is 2.51. The van der Waals surface area contributed by atoms with E-state index in [1.807, 2.05) is 11.8 Å². The normalized spacial score (nSPS) is 18.8. The molecule has 0 radical (unpaired) electrons. The van der Waals surface area contributed by atoms with Crippen LogP contribution in [0.1, 0.15) is 32.8 Å². The molecule has 0 saturated heterocycles. The monoisotopic (exact) mass is 340 g/mol. The van der Waals surface area contributed by atoms with Crippen LogP contribution < -0.4 is 5.32 Å². The van der Waals surface area contributed by atoms with Gasteiger partial charge in [0.2, 0.25) is 0 Å². The lowest BCUT2D eigenvalue weighted by Crippen LogP contribution is -2.10. The zero-order valence-corrected chi connectivity index (χ0v) is 14.1. The highest BCUT2D eigenvalue weighted by Crippen LogP contribution is 2.29. The molecule has 1 atom stereocenters. The van der Waals surface area contributed by atoms with Gasteiger partial charge in [-0.05, 0) is 42.5 Å². The number of amidine groups is 1. The molecule has 2 nitrogen and oxygen atoms in total. The molecular formula is C15H21BrN2S. The maximum absolute atomic E-state index is 4.62. The van der Waals surface area contributed by atoms with Crippen LogP contribution in [0.2, 0.25) is 0 Å². The summed E-state index contributed by atoms with van der Waals surface area (Å²) >= 11 is 5.41. The van der Waals surface area contributed by atoms with Crippen molar-refractivity contribution in [3.8, 4) is 0 Å². The first kappa shape index (κ1) is 14.9. The standard InChI is InChI=1S/C15H21BrN2S/c1-4-11-8-12(16)5-6-14(11)18-15-17-9-13(19-15)7-10(2)3/h5-6,8,10,13H,4,7,9H2,1-3H3,(H,17,18). The third-order valence-electron chi connectivity index (χ3n) is 3.14. The molecule has 19 heavy (non-hydrogen) atoms. The Kier molecular flexibility index (Phi) is 5.34. The van der Waals surface area contributed by atoms with Crippen LogP contribution >= 0.6 is 27.7 Å². The van der Waals surface area contributed by atoms with Crippen molar-refractivity contribution in [2.75, 3.05) is 11.9 Å². The average molecular weight is 341 g/mol. The second-order valence-corrected chi connectivity index (χ2v) is 7.50. The number of thioether (sulfide) groups is 1. The SMILES string of the molecule is CCc1cc(Br)ccc1NC1=NCC(CC(C)C)S1.